The van der Waals surface area contributed by atoms with E-state index in [1.165, 1.54) is 41.9 Å². The van der Waals surface area contributed by atoms with Crippen LogP contribution < -0.4 is 5.19 Å². The van der Waals surface area contributed by atoms with Crippen LogP contribution in [0.4, 0.5) is 0 Å². The standard InChI is InChI=1S/C41H25N2S.C14H16NSi.Ir/c1-3-12-27(13-4-1)30-23-24-36(35(26-30)28-14-5-2-6-15-28)43-37-25-22-29-16-7-8-17-31(29)39(37)42-41(43)34-20-11-19-33-32-18-9-10-21-38(32)44-40(33)34;1-16(2,3)13-9-10-14(15-11-13)12-7-5-4-6-8-12;/h1-19,21-26H;4-7,9-11H,1-3H3;/q2*-1;. The molecule has 0 aliphatic rings. The van der Waals surface area contributed by atoms with Crippen LogP contribution in [0.3, 0.4) is 0 Å². The quantitative estimate of drug-likeness (QED) is 0.123. The zero-order chi connectivity index (χ0) is 40.6. The van der Waals surface area contributed by atoms with Crippen molar-refractivity contribution in [1.29, 1.82) is 0 Å². The molecule has 0 aliphatic heterocycles. The first-order chi connectivity index (χ1) is 29.4. The van der Waals surface area contributed by atoms with Crippen LogP contribution in [0.5, 0.6) is 0 Å². The van der Waals surface area contributed by atoms with Crippen molar-refractivity contribution in [2.75, 3.05) is 0 Å². The number of thiophene rings is 1. The van der Waals surface area contributed by atoms with E-state index < -0.39 is 8.07 Å². The predicted octanol–water partition coefficient (Wildman–Crippen LogP) is 14.4. The van der Waals surface area contributed by atoms with E-state index in [1.807, 2.05) is 41.8 Å². The summed E-state index contributed by atoms with van der Waals surface area (Å²) in [4.78, 5) is 9.98. The Morgan fingerprint density at radius 1 is 0.574 bits per heavy atom. The second-order valence-electron chi connectivity index (χ2n) is 16.0. The molecule has 3 aromatic heterocycles. The van der Waals surface area contributed by atoms with E-state index >= 15 is 0 Å². The van der Waals surface area contributed by atoms with Gasteiger partial charge in [-0.15, -0.1) is 54.1 Å². The summed E-state index contributed by atoms with van der Waals surface area (Å²) in [5.74, 6) is 0.901. The minimum Gasteiger partial charge on any atom is -0.333 e. The van der Waals surface area contributed by atoms with E-state index in [1.54, 1.807) is 0 Å². The van der Waals surface area contributed by atoms with Crippen molar-refractivity contribution in [3.63, 3.8) is 0 Å². The Labute approximate surface area is 375 Å². The number of benzene rings is 8. The van der Waals surface area contributed by atoms with Gasteiger partial charge in [-0.2, -0.15) is 11.3 Å². The SMILES string of the molecule is C[Si](C)(C)c1ccc(-c2[c-]cccc2)nc1.[Ir].[c-]1ccc2c(sc3ccccc32)c1-c1nc2c3ccccc3ccc2n1-c1ccc(-c2ccccc2)cc1-c1ccccc1. The number of imidazole rings is 1. The third kappa shape index (κ3) is 7.80. The molecule has 3 nitrogen and oxygen atoms in total. The van der Waals surface area contributed by atoms with E-state index in [2.05, 4.69) is 205 Å². The number of hydrogen-bond acceptors (Lipinski definition) is 3. The summed E-state index contributed by atoms with van der Waals surface area (Å²) in [7, 11) is -1.23. The van der Waals surface area contributed by atoms with E-state index in [9.17, 15) is 0 Å². The van der Waals surface area contributed by atoms with Gasteiger partial charge in [0.05, 0.1) is 24.9 Å². The van der Waals surface area contributed by atoms with Gasteiger partial charge in [0.25, 0.3) is 0 Å². The average molecular weight is 996 g/mol. The number of fused-ring (bicyclic) bond motifs is 6. The van der Waals surface area contributed by atoms with Gasteiger partial charge < -0.3 is 9.55 Å². The van der Waals surface area contributed by atoms with Gasteiger partial charge in [-0.3, -0.25) is 4.98 Å². The molecular weight excluding hydrogens is 955 g/mol. The molecule has 1 radical (unpaired) electrons. The normalized spacial score (nSPS) is 11.4. The fraction of sp³-hybridized carbons (Fsp3) is 0.0545. The first-order valence-corrected chi connectivity index (χ1v) is 24.6. The summed E-state index contributed by atoms with van der Waals surface area (Å²) in [6.07, 6.45) is 2.02. The van der Waals surface area contributed by atoms with Gasteiger partial charge >= 0.3 is 0 Å². The zero-order valence-electron chi connectivity index (χ0n) is 34.1. The third-order valence-corrected chi connectivity index (χ3v) is 14.4. The molecule has 6 heteroatoms. The molecule has 0 unspecified atom stereocenters. The molecule has 8 aromatic carbocycles. The molecule has 0 aliphatic carbocycles. The molecule has 0 amide bonds. The molecule has 0 N–H and O–H groups in total. The maximum Gasteiger partial charge on any atom is 0.0852 e. The van der Waals surface area contributed by atoms with Gasteiger partial charge in [0.15, 0.2) is 0 Å². The summed E-state index contributed by atoms with van der Waals surface area (Å²) in [6, 6.07) is 73.0. The molecule has 3 heterocycles. The van der Waals surface area contributed by atoms with Crippen LogP contribution in [0, 0.1) is 12.1 Å². The number of pyridine rings is 1. The zero-order valence-corrected chi connectivity index (χ0v) is 38.3. The minimum atomic E-state index is -1.23. The van der Waals surface area contributed by atoms with E-state index in [0.717, 1.165) is 55.9 Å². The van der Waals surface area contributed by atoms with Crippen LogP contribution in [0.15, 0.2) is 194 Å². The number of nitrogens with zero attached hydrogens (tertiary/aromatic N) is 3. The first kappa shape index (κ1) is 40.1. The monoisotopic (exact) mass is 996 g/mol. The summed E-state index contributed by atoms with van der Waals surface area (Å²) in [6.45, 7) is 7.00. The summed E-state index contributed by atoms with van der Waals surface area (Å²) < 4.78 is 4.83. The number of rotatable bonds is 6. The second-order valence-corrected chi connectivity index (χ2v) is 22.2. The Kier molecular flexibility index (Phi) is 11.2. The fourth-order valence-electron chi connectivity index (χ4n) is 8.02. The summed E-state index contributed by atoms with van der Waals surface area (Å²) in [5.41, 5.74) is 11.0. The van der Waals surface area contributed by atoms with Gasteiger partial charge in [0, 0.05) is 47.6 Å². The Bertz CT molecular complexity index is 3280. The van der Waals surface area contributed by atoms with Crippen molar-refractivity contribution >= 4 is 66.6 Å². The summed E-state index contributed by atoms with van der Waals surface area (Å²) >= 11 is 1.82. The van der Waals surface area contributed by atoms with Crippen molar-refractivity contribution in [2.24, 2.45) is 0 Å². The smallest absolute Gasteiger partial charge is 0.0852 e. The van der Waals surface area contributed by atoms with Crippen LogP contribution in [0.1, 0.15) is 0 Å². The molecule has 297 valence electrons. The Hall–Kier alpha value is -6.27. The van der Waals surface area contributed by atoms with Crippen LogP contribution in [-0.2, 0) is 20.1 Å². The Morgan fingerprint density at radius 3 is 2.03 bits per heavy atom. The average Bonchev–Trinajstić information content (AvgIpc) is 3.89. The number of hydrogen-bond donors (Lipinski definition) is 0. The van der Waals surface area contributed by atoms with Gasteiger partial charge in [0.2, 0.25) is 0 Å². The second kappa shape index (κ2) is 17.0. The Morgan fingerprint density at radius 2 is 1.30 bits per heavy atom. The molecule has 0 saturated carbocycles. The van der Waals surface area contributed by atoms with Crippen molar-refractivity contribution in [3.05, 3.63) is 206 Å². The molecule has 0 atom stereocenters. The van der Waals surface area contributed by atoms with Crippen LogP contribution in [0.25, 0.3) is 92.6 Å². The maximum atomic E-state index is 5.46. The van der Waals surface area contributed by atoms with Gasteiger partial charge in [0.1, 0.15) is 0 Å². The predicted molar refractivity (Wildman–Crippen MR) is 258 cm³/mol. The minimum absolute atomic E-state index is 0. The van der Waals surface area contributed by atoms with Crippen LogP contribution in [-0.4, -0.2) is 22.6 Å². The largest absolute Gasteiger partial charge is 0.333 e. The molecule has 0 fully saturated rings. The molecule has 11 rings (SSSR count). The topological polar surface area (TPSA) is 30.7 Å². The van der Waals surface area contributed by atoms with Crippen molar-refractivity contribution < 1.29 is 20.1 Å². The van der Waals surface area contributed by atoms with Crippen molar-refractivity contribution in [1.82, 2.24) is 14.5 Å². The van der Waals surface area contributed by atoms with Gasteiger partial charge in [-0.1, -0.05) is 158 Å². The molecule has 0 saturated heterocycles. The van der Waals surface area contributed by atoms with E-state index in [4.69, 9.17) is 4.98 Å². The Balaban J connectivity index is 0.000000237. The van der Waals surface area contributed by atoms with E-state index in [-0.39, 0.29) is 20.1 Å². The maximum absolute atomic E-state index is 5.46. The van der Waals surface area contributed by atoms with Crippen LogP contribution >= 0.6 is 11.3 Å². The van der Waals surface area contributed by atoms with Gasteiger partial charge in [-0.05, 0) is 67.3 Å². The first-order valence-electron chi connectivity index (χ1n) is 20.3. The third-order valence-electron chi connectivity index (χ3n) is 11.2. The molecule has 0 spiro atoms. The number of aromatic nitrogens is 3. The molecular formula is C55H41IrN3SSi-2. The van der Waals surface area contributed by atoms with Crippen LogP contribution in [0.2, 0.25) is 19.6 Å². The van der Waals surface area contributed by atoms with Crippen molar-refractivity contribution in [2.45, 2.75) is 19.6 Å². The summed E-state index contributed by atoms with van der Waals surface area (Å²) in [5, 5.41) is 6.24. The fourth-order valence-corrected chi connectivity index (χ4v) is 10.2. The van der Waals surface area contributed by atoms with E-state index in [0.29, 0.717) is 0 Å². The van der Waals surface area contributed by atoms with Crippen molar-refractivity contribution in [3.8, 4) is 50.6 Å². The molecule has 0 bridgehead atoms. The van der Waals surface area contributed by atoms with Gasteiger partial charge in [-0.25, -0.2) is 0 Å². The molecule has 61 heavy (non-hydrogen) atoms. The molecule has 11 aromatic rings.